The molecule has 0 fully saturated rings. The summed E-state index contributed by atoms with van der Waals surface area (Å²) in [6, 6.07) is 7.60. The SMILES string of the molecule is CC(=O)Oc1ccc(OCC(=O)C#N)cc1. The largest absolute Gasteiger partial charge is 0.485 e. The topological polar surface area (TPSA) is 76.4 Å². The van der Waals surface area contributed by atoms with Crippen molar-refractivity contribution in [2.45, 2.75) is 6.92 Å². The first-order valence-corrected chi connectivity index (χ1v) is 4.46. The van der Waals surface area contributed by atoms with Crippen LogP contribution in [0.25, 0.3) is 0 Å². The summed E-state index contributed by atoms with van der Waals surface area (Å²) in [6.45, 7) is 1.01. The lowest BCUT2D eigenvalue weighted by Crippen LogP contribution is -2.08. The lowest BCUT2D eigenvalue weighted by atomic mass is 10.3. The van der Waals surface area contributed by atoms with Crippen LogP contribution in [0.1, 0.15) is 6.92 Å². The third kappa shape index (κ3) is 3.80. The Morgan fingerprint density at radius 1 is 1.25 bits per heavy atom. The molecule has 0 unspecified atom stereocenters. The molecule has 5 nitrogen and oxygen atoms in total. The molecule has 0 atom stereocenters. The van der Waals surface area contributed by atoms with Crippen molar-refractivity contribution in [2.24, 2.45) is 0 Å². The molecule has 0 aromatic heterocycles. The van der Waals surface area contributed by atoms with Crippen molar-refractivity contribution in [3.05, 3.63) is 24.3 Å². The highest BCUT2D eigenvalue weighted by Crippen LogP contribution is 2.17. The van der Waals surface area contributed by atoms with Crippen LogP contribution < -0.4 is 9.47 Å². The number of carbonyl (C=O) groups is 2. The van der Waals surface area contributed by atoms with Gasteiger partial charge in [0.25, 0.3) is 5.78 Å². The van der Waals surface area contributed by atoms with E-state index in [1.807, 2.05) is 0 Å². The number of nitrogens with zero attached hydrogens (tertiary/aromatic N) is 1. The standard InChI is InChI=1S/C11H9NO4/c1-8(13)16-11-4-2-10(3-5-11)15-7-9(14)6-12/h2-5H,7H2,1H3. The fourth-order valence-corrected chi connectivity index (χ4v) is 0.951. The van der Waals surface area contributed by atoms with E-state index < -0.39 is 11.8 Å². The van der Waals surface area contributed by atoms with Crippen molar-refractivity contribution in [1.82, 2.24) is 0 Å². The van der Waals surface area contributed by atoms with Gasteiger partial charge in [0, 0.05) is 6.92 Å². The average molecular weight is 219 g/mol. The maximum absolute atomic E-state index is 10.6. The molecule has 5 heteroatoms. The summed E-state index contributed by atoms with van der Waals surface area (Å²) in [5.41, 5.74) is 0. The number of benzene rings is 1. The Balaban J connectivity index is 2.55. The van der Waals surface area contributed by atoms with Crippen LogP contribution in [0.15, 0.2) is 24.3 Å². The number of hydrogen-bond donors (Lipinski definition) is 0. The van der Waals surface area contributed by atoms with Gasteiger partial charge in [0.2, 0.25) is 0 Å². The Kier molecular flexibility index (Phi) is 4.04. The third-order valence-electron chi connectivity index (χ3n) is 1.58. The van der Waals surface area contributed by atoms with Gasteiger partial charge in [-0.1, -0.05) is 0 Å². The minimum atomic E-state index is -0.649. The summed E-state index contributed by atoms with van der Waals surface area (Å²) in [6.07, 6.45) is 0. The molecule has 0 saturated heterocycles. The molecule has 0 amide bonds. The van der Waals surface area contributed by atoms with E-state index in [2.05, 4.69) is 0 Å². The van der Waals surface area contributed by atoms with Crippen LogP contribution in [0, 0.1) is 11.3 Å². The van der Waals surface area contributed by atoms with Crippen molar-refractivity contribution in [3.63, 3.8) is 0 Å². The summed E-state index contributed by atoms with van der Waals surface area (Å²) < 4.78 is 9.81. The Morgan fingerprint density at radius 3 is 2.31 bits per heavy atom. The van der Waals surface area contributed by atoms with E-state index in [0.717, 1.165) is 0 Å². The number of rotatable bonds is 4. The maximum atomic E-state index is 10.6. The Bertz CT molecular complexity index is 430. The number of nitriles is 1. The molecule has 0 aliphatic heterocycles. The molecule has 16 heavy (non-hydrogen) atoms. The van der Waals surface area contributed by atoms with Crippen LogP contribution in [0.5, 0.6) is 11.5 Å². The van der Waals surface area contributed by atoms with Crippen LogP contribution in [0.2, 0.25) is 0 Å². The van der Waals surface area contributed by atoms with Crippen LogP contribution in [-0.4, -0.2) is 18.4 Å². The summed E-state index contributed by atoms with van der Waals surface area (Å²) in [4.78, 5) is 21.3. The van der Waals surface area contributed by atoms with E-state index >= 15 is 0 Å². The smallest absolute Gasteiger partial charge is 0.308 e. The first-order valence-electron chi connectivity index (χ1n) is 4.46. The zero-order valence-corrected chi connectivity index (χ0v) is 8.60. The molecule has 1 aromatic rings. The zero-order valence-electron chi connectivity index (χ0n) is 8.60. The number of hydrogen-bond acceptors (Lipinski definition) is 5. The quantitative estimate of drug-likeness (QED) is 0.430. The molecule has 1 rings (SSSR count). The first-order chi connectivity index (χ1) is 7.61. The highest BCUT2D eigenvalue weighted by atomic mass is 16.5. The van der Waals surface area contributed by atoms with E-state index in [1.165, 1.54) is 25.1 Å². The normalized spacial score (nSPS) is 9.00. The van der Waals surface area contributed by atoms with E-state index in [0.29, 0.717) is 11.5 Å². The molecule has 0 spiro atoms. The molecule has 0 N–H and O–H groups in total. The lowest BCUT2D eigenvalue weighted by molar-refractivity contribution is -0.131. The minimum absolute atomic E-state index is 0.288. The Labute approximate surface area is 92.2 Å². The summed E-state index contributed by atoms with van der Waals surface area (Å²) in [5.74, 6) is -0.233. The second-order valence-corrected chi connectivity index (χ2v) is 2.89. The molecule has 0 heterocycles. The zero-order chi connectivity index (χ0) is 12.0. The van der Waals surface area contributed by atoms with Gasteiger partial charge in [-0.3, -0.25) is 9.59 Å². The fraction of sp³-hybridized carbons (Fsp3) is 0.182. The molecule has 0 aliphatic carbocycles. The molecule has 82 valence electrons. The van der Waals surface area contributed by atoms with Crippen molar-refractivity contribution in [3.8, 4) is 17.6 Å². The predicted octanol–water partition coefficient (Wildman–Crippen LogP) is 1.08. The van der Waals surface area contributed by atoms with Gasteiger partial charge in [0.05, 0.1) is 0 Å². The summed E-state index contributed by atoms with van der Waals surface area (Å²) >= 11 is 0. The number of carbonyl (C=O) groups excluding carboxylic acids is 2. The maximum Gasteiger partial charge on any atom is 0.308 e. The van der Waals surface area contributed by atoms with E-state index in [-0.39, 0.29) is 6.61 Å². The van der Waals surface area contributed by atoms with Crippen molar-refractivity contribution in [1.29, 1.82) is 5.26 Å². The van der Waals surface area contributed by atoms with Crippen LogP contribution >= 0.6 is 0 Å². The molecular weight excluding hydrogens is 210 g/mol. The van der Waals surface area contributed by atoms with Gasteiger partial charge in [-0.15, -0.1) is 0 Å². The average Bonchev–Trinajstić information content (AvgIpc) is 2.27. The highest BCUT2D eigenvalue weighted by Gasteiger charge is 2.02. The monoisotopic (exact) mass is 219 g/mol. The van der Waals surface area contributed by atoms with E-state index in [4.69, 9.17) is 14.7 Å². The van der Waals surface area contributed by atoms with Crippen molar-refractivity contribution < 1.29 is 19.1 Å². The van der Waals surface area contributed by atoms with Crippen molar-refractivity contribution >= 4 is 11.8 Å². The molecule has 0 saturated carbocycles. The van der Waals surface area contributed by atoms with E-state index in [1.54, 1.807) is 12.1 Å². The Hall–Kier alpha value is -2.35. The number of Topliss-reactive ketones (excluding diaryl/α,β-unsaturated/α-hetero) is 1. The summed E-state index contributed by atoms with van der Waals surface area (Å²) in [7, 11) is 0. The number of ether oxygens (including phenoxy) is 2. The Morgan fingerprint density at radius 2 is 1.81 bits per heavy atom. The van der Waals surface area contributed by atoms with Crippen molar-refractivity contribution in [2.75, 3.05) is 6.61 Å². The predicted molar refractivity (Wildman–Crippen MR) is 53.9 cm³/mol. The van der Waals surface area contributed by atoms with Gasteiger partial charge >= 0.3 is 5.97 Å². The van der Waals surface area contributed by atoms with Gasteiger partial charge < -0.3 is 9.47 Å². The van der Waals surface area contributed by atoms with Gasteiger partial charge in [-0.05, 0) is 24.3 Å². The molecule has 0 bridgehead atoms. The van der Waals surface area contributed by atoms with Crippen LogP contribution in [-0.2, 0) is 9.59 Å². The highest BCUT2D eigenvalue weighted by molar-refractivity contribution is 5.94. The van der Waals surface area contributed by atoms with Gasteiger partial charge in [-0.2, -0.15) is 5.26 Å². The van der Waals surface area contributed by atoms with E-state index in [9.17, 15) is 9.59 Å². The second-order valence-electron chi connectivity index (χ2n) is 2.89. The third-order valence-corrected chi connectivity index (χ3v) is 1.58. The first kappa shape index (κ1) is 11.7. The van der Waals surface area contributed by atoms with Gasteiger partial charge in [0.1, 0.15) is 17.6 Å². The van der Waals surface area contributed by atoms with Crippen LogP contribution in [0.4, 0.5) is 0 Å². The molecule has 1 aromatic carbocycles. The van der Waals surface area contributed by atoms with Gasteiger partial charge in [0.15, 0.2) is 6.61 Å². The summed E-state index contributed by atoms with van der Waals surface area (Å²) in [5, 5.41) is 8.22. The van der Waals surface area contributed by atoms with Gasteiger partial charge in [-0.25, -0.2) is 0 Å². The van der Waals surface area contributed by atoms with Crippen LogP contribution in [0.3, 0.4) is 0 Å². The minimum Gasteiger partial charge on any atom is -0.485 e. The number of esters is 1. The molecule has 0 aliphatic rings. The molecular formula is C11H9NO4. The fourth-order valence-electron chi connectivity index (χ4n) is 0.951. The second kappa shape index (κ2) is 5.51. The number of ketones is 1. The molecule has 0 radical (unpaired) electrons. The lowest BCUT2D eigenvalue weighted by Gasteiger charge is -2.04.